The second kappa shape index (κ2) is 7.13. The Morgan fingerprint density at radius 2 is 2.08 bits per heavy atom. The molecular formula is C16H30N2O5Si. The van der Waals surface area contributed by atoms with Gasteiger partial charge in [-0.15, -0.1) is 0 Å². The number of nitrogens with one attached hydrogen (secondary N) is 1. The lowest BCUT2D eigenvalue weighted by Gasteiger charge is -2.40. The number of ether oxygens (including phenoxy) is 2. The average molecular weight is 359 g/mol. The molecule has 2 rings (SSSR count). The van der Waals surface area contributed by atoms with Gasteiger partial charge in [0, 0.05) is 19.4 Å². The second-order valence-electron chi connectivity index (χ2n) is 7.82. The summed E-state index contributed by atoms with van der Waals surface area (Å²) in [6, 6.07) is 0. The Balaban J connectivity index is 2.21. The van der Waals surface area contributed by atoms with Crippen molar-refractivity contribution in [2.45, 2.75) is 63.4 Å². The van der Waals surface area contributed by atoms with Crippen LogP contribution in [0.25, 0.3) is 0 Å². The molecule has 0 aromatic heterocycles. The Hall–Kier alpha value is -0.933. The standard InChI is InChI=1S/C16H30N2O5Si/c1-16(2,3)24(5,6)23-13-11(9-19)22-15(14(13)21-4)18-8-7-12(20)17-10-18/h7-8,11,13-15,19H,9-10H2,1-6H3,(H,17,20)/t11-,13?,14?,15-/m1/s1. The van der Waals surface area contributed by atoms with Gasteiger partial charge in [0.2, 0.25) is 5.91 Å². The van der Waals surface area contributed by atoms with E-state index in [1.165, 1.54) is 6.08 Å². The number of rotatable bonds is 5. The predicted octanol–water partition coefficient (Wildman–Crippen LogP) is 1.01. The van der Waals surface area contributed by atoms with Crippen LogP contribution >= 0.6 is 0 Å². The lowest BCUT2D eigenvalue weighted by Crippen LogP contribution is -2.52. The summed E-state index contributed by atoms with van der Waals surface area (Å²) in [6.45, 7) is 11.1. The highest BCUT2D eigenvalue weighted by Gasteiger charge is 2.51. The third-order valence-electron chi connectivity index (χ3n) is 5.15. The van der Waals surface area contributed by atoms with E-state index in [-0.39, 0.29) is 29.8 Å². The summed E-state index contributed by atoms with van der Waals surface area (Å²) >= 11 is 0. The maximum absolute atomic E-state index is 11.3. The number of amides is 1. The van der Waals surface area contributed by atoms with E-state index in [2.05, 4.69) is 39.2 Å². The van der Waals surface area contributed by atoms with Crippen LogP contribution in [0.3, 0.4) is 0 Å². The van der Waals surface area contributed by atoms with E-state index in [0.717, 1.165) is 0 Å². The molecule has 0 bridgehead atoms. The largest absolute Gasteiger partial charge is 0.408 e. The number of carbonyl (C=O) groups is 1. The number of aliphatic hydroxyl groups is 1. The van der Waals surface area contributed by atoms with E-state index >= 15 is 0 Å². The van der Waals surface area contributed by atoms with Gasteiger partial charge < -0.3 is 29.2 Å². The van der Waals surface area contributed by atoms with Crippen LogP contribution < -0.4 is 5.32 Å². The SMILES string of the molecule is COC1C(O[Si](C)(C)C(C)(C)C)[C@@H](CO)O[C@H]1N1C=CC(=O)NC1. The molecule has 0 aromatic rings. The maximum atomic E-state index is 11.3. The average Bonchev–Trinajstić information content (AvgIpc) is 2.83. The zero-order valence-corrected chi connectivity index (χ0v) is 16.4. The molecule has 7 nitrogen and oxygen atoms in total. The molecule has 8 heteroatoms. The highest BCUT2D eigenvalue weighted by atomic mass is 28.4. The summed E-state index contributed by atoms with van der Waals surface area (Å²) in [7, 11) is -0.433. The van der Waals surface area contributed by atoms with Crippen LogP contribution in [-0.4, -0.2) is 69.2 Å². The Morgan fingerprint density at radius 1 is 1.42 bits per heavy atom. The quantitative estimate of drug-likeness (QED) is 0.714. The number of hydrogen-bond acceptors (Lipinski definition) is 6. The van der Waals surface area contributed by atoms with Crippen LogP contribution in [0.5, 0.6) is 0 Å². The molecule has 2 aliphatic heterocycles. The summed E-state index contributed by atoms with van der Waals surface area (Å²) in [5, 5.41) is 12.5. The minimum absolute atomic E-state index is 0.0440. The molecule has 0 spiro atoms. The van der Waals surface area contributed by atoms with Gasteiger partial charge in [0.1, 0.15) is 18.3 Å². The van der Waals surface area contributed by atoms with Crippen LogP contribution in [0, 0.1) is 0 Å². The highest BCUT2D eigenvalue weighted by Crippen LogP contribution is 2.40. The zero-order chi connectivity index (χ0) is 18.1. The van der Waals surface area contributed by atoms with E-state index in [0.29, 0.717) is 6.67 Å². The summed E-state index contributed by atoms with van der Waals surface area (Å²) in [6.07, 6.45) is 1.57. The van der Waals surface area contributed by atoms with Gasteiger partial charge in [-0.05, 0) is 18.1 Å². The van der Waals surface area contributed by atoms with Crippen LogP contribution in [0.4, 0.5) is 0 Å². The fourth-order valence-corrected chi connectivity index (χ4v) is 3.97. The Morgan fingerprint density at radius 3 is 2.54 bits per heavy atom. The van der Waals surface area contributed by atoms with Gasteiger partial charge in [0.05, 0.1) is 13.3 Å². The van der Waals surface area contributed by atoms with E-state index < -0.39 is 20.6 Å². The Labute approximate surface area is 145 Å². The topological polar surface area (TPSA) is 80.3 Å². The molecule has 0 aliphatic carbocycles. The monoisotopic (exact) mass is 358 g/mol. The van der Waals surface area contributed by atoms with Crippen molar-refractivity contribution in [2.24, 2.45) is 0 Å². The van der Waals surface area contributed by atoms with Crippen LogP contribution in [0.2, 0.25) is 18.1 Å². The smallest absolute Gasteiger partial charge is 0.246 e. The maximum Gasteiger partial charge on any atom is 0.246 e. The van der Waals surface area contributed by atoms with E-state index in [1.54, 1.807) is 13.3 Å². The molecule has 0 aromatic carbocycles. The van der Waals surface area contributed by atoms with Crippen molar-refractivity contribution in [1.82, 2.24) is 10.2 Å². The number of aliphatic hydroxyl groups excluding tert-OH is 1. The number of hydrogen-bond donors (Lipinski definition) is 2. The zero-order valence-electron chi connectivity index (χ0n) is 15.4. The first-order valence-corrected chi connectivity index (χ1v) is 11.2. The van der Waals surface area contributed by atoms with Crippen molar-refractivity contribution in [3.63, 3.8) is 0 Å². The van der Waals surface area contributed by atoms with Crippen molar-refractivity contribution in [3.05, 3.63) is 12.3 Å². The molecule has 2 heterocycles. The van der Waals surface area contributed by atoms with Crippen molar-refractivity contribution in [1.29, 1.82) is 0 Å². The molecule has 1 saturated heterocycles. The predicted molar refractivity (Wildman–Crippen MR) is 92.6 cm³/mol. The third-order valence-corrected chi connectivity index (χ3v) is 9.63. The number of nitrogens with zero attached hydrogens (tertiary/aromatic N) is 1. The van der Waals surface area contributed by atoms with Crippen molar-refractivity contribution in [2.75, 3.05) is 20.4 Å². The Bertz CT molecular complexity index is 491. The summed E-state index contributed by atoms with van der Waals surface area (Å²) < 4.78 is 18.2. The van der Waals surface area contributed by atoms with E-state index in [1.807, 2.05) is 4.90 Å². The molecule has 0 saturated carbocycles. The highest BCUT2D eigenvalue weighted by molar-refractivity contribution is 6.74. The van der Waals surface area contributed by atoms with Gasteiger partial charge in [-0.2, -0.15) is 0 Å². The first-order chi connectivity index (χ1) is 11.1. The number of carbonyl (C=O) groups excluding carboxylic acids is 1. The molecule has 138 valence electrons. The van der Waals surface area contributed by atoms with Gasteiger partial charge in [0.25, 0.3) is 0 Å². The fourth-order valence-electron chi connectivity index (χ4n) is 2.65. The molecule has 2 unspecified atom stereocenters. The minimum atomic E-state index is -2.05. The van der Waals surface area contributed by atoms with Gasteiger partial charge >= 0.3 is 0 Å². The second-order valence-corrected chi connectivity index (χ2v) is 12.6. The van der Waals surface area contributed by atoms with Crippen molar-refractivity contribution in [3.8, 4) is 0 Å². The first kappa shape index (κ1) is 19.4. The lowest BCUT2D eigenvalue weighted by molar-refractivity contribution is -0.122. The van der Waals surface area contributed by atoms with Gasteiger partial charge in [-0.3, -0.25) is 4.79 Å². The van der Waals surface area contributed by atoms with Crippen molar-refractivity contribution < 1.29 is 23.8 Å². The summed E-state index contributed by atoms with van der Waals surface area (Å²) in [5.74, 6) is -0.133. The summed E-state index contributed by atoms with van der Waals surface area (Å²) in [5.41, 5.74) is 0. The number of methoxy groups -OCH3 is 1. The summed E-state index contributed by atoms with van der Waals surface area (Å²) in [4.78, 5) is 13.2. The first-order valence-electron chi connectivity index (χ1n) is 8.29. The molecule has 1 fully saturated rings. The normalized spacial score (nSPS) is 31.5. The molecule has 0 radical (unpaired) electrons. The molecule has 2 N–H and O–H groups in total. The minimum Gasteiger partial charge on any atom is -0.408 e. The molecular weight excluding hydrogens is 328 g/mol. The van der Waals surface area contributed by atoms with Crippen LogP contribution in [-0.2, 0) is 18.7 Å². The van der Waals surface area contributed by atoms with Crippen LogP contribution in [0.15, 0.2) is 12.3 Å². The lowest BCUT2D eigenvalue weighted by atomic mass is 10.1. The molecule has 2 aliphatic rings. The molecule has 24 heavy (non-hydrogen) atoms. The molecule has 1 amide bonds. The Kier molecular flexibility index (Phi) is 5.76. The van der Waals surface area contributed by atoms with Crippen molar-refractivity contribution >= 4 is 14.2 Å². The van der Waals surface area contributed by atoms with E-state index in [4.69, 9.17) is 13.9 Å². The van der Waals surface area contributed by atoms with Gasteiger partial charge in [0.15, 0.2) is 14.5 Å². The van der Waals surface area contributed by atoms with Gasteiger partial charge in [-0.25, -0.2) is 0 Å². The van der Waals surface area contributed by atoms with Crippen LogP contribution in [0.1, 0.15) is 20.8 Å². The molecule has 4 atom stereocenters. The van der Waals surface area contributed by atoms with E-state index in [9.17, 15) is 9.90 Å². The third kappa shape index (κ3) is 3.83. The van der Waals surface area contributed by atoms with Gasteiger partial charge in [-0.1, -0.05) is 20.8 Å². The fraction of sp³-hybridized carbons (Fsp3) is 0.812.